The third-order valence-corrected chi connectivity index (χ3v) is 3.08. The van der Waals surface area contributed by atoms with Crippen LogP contribution in [-0.2, 0) is 4.79 Å². The lowest BCUT2D eigenvalue weighted by atomic mass is 10.1. The summed E-state index contributed by atoms with van der Waals surface area (Å²) in [6.45, 7) is 3.91. The molecule has 0 aromatic heterocycles. The average Bonchev–Trinajstić information content (AvgIpc) is 2.11. The van der Waals surface area contributed by atoms with Crippen molar-refractivity contribution < 1.29 is 9.90 Å². The molecule has 72 valence electrons. The summed E-state index contributed by atoms with van der Waals surface area (Å²) in [5, 5.41) is 8.73. The highest BCUT2D eigenvalue weighted by Crippen LogP contribution is 2.18. The number of nitrogens with one attached hydrogen (secondary N) is 1. The summed E-state index contributed by atoms with van der Waals surface area (Å²) in [6.07, 6.45) is 0. The fourth-order valence-corrected chi connectivity index (χ4v) is 1.62. The van der Waals surface area contributed by atoms with Crippen LogP contribution in [0.1, 0.15) is 13.8 Å². The van der Waals surface area contributed by atoms with Gasteiger partial charge in [0.05, 0.1) is 6.61 Å². The van der Waals surface area contributed by atoms with E-state index in [0.29, 0.717) is 5.75 Å². The summed E-state index contributed by atoms with van der Waals surface area (Å²) < 4.78 is 0. The number of thioether (sulfide) groups is 1. The van der Waals surface area contributed by atoms with Crippen LogP contribution >= 0.6 is 11.8 Å². The van der Waals surface area contributed by atoms with Gasteiger partial charge in [0.15, 0.2) is 0 Å². The Morgan fingerprint density at radius 2 is 2.25 bits per heavy atom. The number of nitrogens with two attached hydrogens (primary N) is 1. The van der Waals surface area contributed by atoms with Crippen LogP contribution in [0.15, 0.2) is 0 Å². The van der Waals surface area contributed by atoms with Gasteiger partial charge in [-0.1, -0.05) is 13.8 Å². The van der Waals surface area contributed by atoms with Crippen molar-refractivity contribution >= 4 is 17.7 Å². The first-order valence-electron chi connectivity index (χ1n) is 3.86. The molecule has 0 saturated heterocycles. The van der Waals surface area contributed by atoms with Crippen LogP contribution in [0, 0.1) is 5.92 Å². The zero-order chi connectivity index (χ0) is 9.56. The summed E-state index contributed by atoms with van der Waals surface area (Å²) in [4.78, 5) is 11.0. The van der Waals surface area contributed by atoms with Gasteiger partial charge in [-0.2, -0.15) is 11.8 Å². The smallest absolute Gasteiger partial charge is 0.237 e. The molecule has 0 saturated carbocycles. The minimum absolute atomic E-state index is 0.119. The summed E-state index contributed by atoms with van der Waals surface area (Å²) in [5.41, 5.74) is 2.11. The first-order valence-corrected chi connectivity index (χ1v) is 4.91. The fourth-order valence-electron chi connectivity index (χ4n) is 0.728. The van der Waals surface area contributed by atoms with E-state index in [-0.39, 0.29) is 23.7 Å². The van der Waals surface area contributed by atoms with Gasteiger partial charge in [-0.15, -0.1) is 0 Å². The SMILES string of the molecule is CC(SCCO)C(C)C(=O)NN. The maximum atomic E-state index is 11.0. The van der Waals surface area contributed by atoms with Crippen molar-refractivity contribution in [3.8, 4) is 0 Å². The standard InChI is InChI=1S/C7H16N2O2S/c1-5(7(11)9-8)6(2)12-4-3-10/h5-6,10H,3-4,8H2,1-2H3,(H,9,11). The van der Waals surface area contributed by atoms with E-state index in [1.165, 1.54) is 0 Å². The van der Waals surface area contributed by atoms with Gasteiger partial charge in [-0.3, -0.25) is 10.2 Å². The topological polar surface area (TPSA) is 75.3 Å². The Morgan fingerprint density at radius 3 is 2.67 bits per heavy atom. The molecule has 0 aromatic rings. The number of carbonyl (C=O) groups is 1. The van der Waals surface area contributed by atoms with E-state index in [2.05, 4.69) is 5.43 Å². The van der Waals surface area contributed by atoms with Gasteiger partial charge >= 0.3 is 0 Å². The Balaban J connectivity index is 3.75. The monoisotopic (exact) mass is 192 g/mol. The van der Waals surface area contributed by atoms with Crippen molar-refractivity contribution in [2.75, 3.05) is 12.4 Å². The van der Waals surface area contributed by atoms with Gasteiger partial charge in [-0.05, 0) is 0 Å². The molecule has 0 aromatic carbocycles. The molecule has 0 heterocycles. The van der Waals surface area contributed by atoms with Crippen LogP contribution in [0.25, 0.3) is 0 Å². The van der Waals surface area contributed by atoms with E-state index in [0.717, 1.165) is 0 Å². The third kappa shape index (κ3) is 3.94. The van der Waals surface area contributed by atoms with Crippen molar-refractivity contribution in [2.24, 2.45) is 11.8 Å². The molecule has 2 unspecified atom stereocenters. The molecule has 0 rings (SSSR count). The van der Waals surface area contributed by atoms with E-state index >= 15 is 0 Å². The number of rotatable bonds is 5. The molecular formula is C7H16N2O2S. The third-order valence-electron chi connectivity index (χ3n) is 1.73. The van der Waals surface area contributed by atoms with Gasteiger partial charge in [0.2, 0.25) is 5.91 Å². The Kier molecular flexibility index (Phi) is 6.14. The number of amides is 1. The molecule has 1 amide bonds. The van der Waals surface area contributed by atoms with E-state index in [1.807, 2.05) is 13.8 Å². The van der Waals surface area contributed by atoms with Gasteiger partial charge in [0, 0.05) is 16.9 Å². The van der Waals surface area contributed by atoms with E-state index in [1.54, 1.807) is 11.8 Å². The Labute approximate surface area is 76.9 Å². The predicted octanol–water partition coefficient (Wildman–Crippen LogP) is -0.274. The molecule has 4 nitrogen and oxygen atoms in total. The molecule has 5 heteroatoms. The minimum Gasteiger partial charge on any atom is -0.396 e. The van der Waals surface area contributed by atoms with Crippen LogP contribution in [0.2, 0.25) is 0 Å². The van der Waals surface area contributed by atoms with Crippen LogP contribution in [0.5, 0.6) is 0 Å². The molecule has 0 aliphatic carbocycles. The molecule has 0 bridgehead atoms. The predicted molar refractivity (Wildman–Crippen MR) is 50.5 cm³/mol. The summed E-state index contributed by atoms with van der Waals surface area (Å²) in [7, 11) is 0. The van der Waals surface area contributed by atoms with E-state index in [9.17, 15) is 4.79 Å². The lowest BCUT2D eigenvalue weighted by Gasteiger charge is -2.16. The maximum absolute atomic E-state index is 11.0. The molecule has 12 heavy (non-hydrogen) atoms. The highest BCUT2D eigenvalue weighted by Gasteiger charge is 2.18. The number of hydrogen-bond donors (Lipinski definition) is 3. The van der Waals surface area contributed by atoms with Crippen LogP contribution in [0.3, 0.4) is 0 Å². The van der Waals surface area contributed by atoms with Crippen molar-refractivity contribution in [3.63, 3.8) is 0 Å². The van der Waals surface area contributed by atoms with Crippen LogP contribution in [-0.4, -0.2) is 28.6 Å². The van der Waals surface area contributed by atoms with Gasteiger partial charge < -0.3 is 5.11 Å². The Hall–Kier alpha value is -0.260. The first-order chi connectivity index (χ1) is 5.63. The fraction of sp³-hybridized carbons (Fsp3) is 0.857. The Morgan fingerprint density at radius 1 is 1.67 bits per heavy atom. The van der Waals surface area contributed by atoms with Crippen molar-refractivity contribution in [2.45, 2.75) is 19.1 Å². The average molecular weight is 192 g/mol. The second-order valence-corrected chi connectivity index (χ2v) is 4.08. The van der Waals surface area contributed by atoms with Crippen molar-refractivity contribution in [1.29, 1.82) is 0 Å². The quantitative estimate of drug-likeness (QED) is 0.318. The molecule has 0 aliphatic rings. The van der Waals surface area contributed by atoms with E-state index < -0.39 is 0 Å². The van der Waals surface area contributed by atoms with Crippen LogP contribution < -0.4 is 11.3 Å². The van der Waals surface area contributed by atoms with Crippen LogP contribution in [0.4, 0.5) is 0 Å². The highest BCUT2D eigenvalue weighted by molar-refractivity contribution is 7.99. The molecule has 0 fully saturated rings. The summed E-state index contributed by atoms with van der Waals surface area (Å²) in [6, 6.07) is 0. The van der Waals surface area contributed by atoms with E-state index in [4.69, 9.17) is 10.9 Å². The molecule has 0 aliphatic heterocycles. The second kappa shape index (κ2) is 6.28. The number of hydrazine groups is 1. The number of aliphatic hydroxyl groups is 1. The number of aliphatic hydroxyl groups excluding tert-OH is 1. The van der Waals surface area contributed by atoms with Gasteiger partial charge in [0.25, 0.3) is 0 Å². The normalized spacial score (nSPS) is 15.3. The summed E-state index contributed by atoms with van der Waals surface area (Å²) >= 11 is 1.56. The van der Waals surface area contributed by atoms with Gasteiger partial charge in [0.1, 0.15) is 0 Å². The zero-order valence-corrected chi connectivity index (χ0v) is 8.23. The molecule has 2 atom stereocenters. The summed E-state index contributed by atoms with van der Waals surface area (Å²) in [5.74, 6) is 5.36. The molecule has 0 spiro atoms. The molecular weight excluding hydrogens is 176 g/mol. The first kappa shape index (κ1) is 11.7. The maximum Gasteiger partial charge on any atom is 0.237 e. The molecule has 0 radical (unpaired) electrons. The zero-order valence-electron chi connectivity index (χ0n) is 7.41. The Bertz CT molecular complexity index is 143. The second-order valence-electron chi connectivity index (χ2n) is 2.60. The van der Waals surface area contributed by atoms with Crippen molar-refractivity contribution in [1.82, 2.24) is 5.43 Å². The van der Waals surface area contributed by atoms with Crippen molar-refractivity contribution in [3.05, 3.63) is 0 Å². The highest BCUT2D eigenvalue weighted by atomic mass is 32.2. The minimum atomic E-state index is -0.159. The van der Waals surface area contributed by atoms with Gasteiger partial charge in [-0.25, -0.2) is 5.84 Å². The number of carbonyl (C=O) groups excluding carboxylic acids is 1. The molecule has 4 N–H and O–H groups in total. The largest absolute Gasteiger partial charge is 0.396 e. The number of hydrogen-bond acceptors (Lipinski definition) is 4. The lowest BCUT2D eigenvalue weighted by molar-refractivity contribution is -0.124. The lowest BCUT2D eigenvalue weighted by Crippen LogP contribution is -2.38.